The maximum Gasteiger partial charge on any atom is 0.216 e. The van der Waals surface area contributed by atoms with Crippen LogP contribution >= 0.6 is 0 Å². The molecule has 5 heteroatoms. The maximum atomic E-state index is 10.7. The number of nitrogens with zero attached hydrogens (tertiary/aromatic N) is 1. The molecule has 1 aromatic heterocycles. The minimum atomic E-state index is 0.202. The van der Waals surface area contributed by atoms with E-state index in [9.17, 15) is 5.11 Å². The van der Waals surface area contributed by atoms with Gasteiger partial charge in [-0.3, -0.25) is 0 Å². The lowest BCUT2D eigenvalue weighted by molar-refractivity contribution is -0.686. The third kappa shape index (κ3) is 5.19. The smallest absolute Gasteiger partial charge is 0.216 e. The Hall–Kier alpha value is -2.95. The van der Waals surface area contributed by atoms with Crippen LogP contribution < -0.4 is 18.8 Å². The van der Waals surface area contributed by atoms with Gasteiger partial charge in [0.25, 0.3) is 0 Å². The second-order valence-electron chi connectivity index (χ2n) is 9.44. The van der Waals surface area contributed by atoms with Crippen molar-refractivity contribution in [2.75, 3.05) is 20.8 Å². The van der Waals surface area contributed by atoms with E-state index in [1.807, 2.05) is 25.1 Å². The summed E-state index contributed by atoms with van der Waals surface area (Å²) in [5.74, 6) is 2.30. The molecule has 1 N–H and O–H groups in total. The van der Waals surface area contributed by atoms with Gasteiger partial charge >= 0.3 is 0 Å². The van der Waals surface area contributed by atoms with Gasteiger partial charge in [0.1, 0.15) is 0 Å². The highest BCUT2D eigenvalue weighted by atomic mass is 16.5. The Morgan fingerprint density at radius 2 is 1.66 bits per heavy atom. The Labute approximate surface area is 209 Å². The molecule has 4 rings (SSSR count). The van der Waals surface area contributed by atoms with Gasteiger partial charge in [0.05, 0.1) is 31.8 Å². The average Bonchev–Trinajstić information content (AvgIpc) is 2.87. The summed E-state index contributed by atoms with van der Waals surface area (Å²) in [5, 5.41) is 13.0. The van der Waals surface area contributed by atoms with E-state index in [4.69, 9.17) is 14.2 Å². The number of aryl methyl sites for hydroxylation is 3. The van der Waals surface area contributed by atoms with Crippen molar-refractivity contribution in [1.82, 2.24) is 0 Å². The number of rotatable bonds is 12. The van der Waals surface area contributed by atoms with E-state index in [0.29, 0.717) is 12.4 Å². The Bertz CT molecular complexity index is 1170. The number of aromatic hydroxyl groups is 1. The second-order valence-corrected chi connectivity index (χ2v) is 9.44. The van der Waals surface area contributed by atoms with Gasteiger partial charge in [-0.25, -0.2) is 0 Å². The summed E-state index contributed by atoms with van der Waals surface area (Å²) in [7, 11) is 3.39. The zero-order valence-corrected chi connectivity index (χ0v) is 21.8. The first kappa shape index (κ1) is 25.2. The molecule has 3 aromatic rings. The number of unbranched alkanes of at least 4 members (excludes halogenated alkanes) is 6. The third-order valence-electron chi connectivity index (χ3n) is 7.16. The number of hydrogen-bond acceptors (Lipinski definition) is 4. The number of phenols is 1. The Balaban J connectivity index is 1.79. The molecule has 0 aliphatic carbocycles. The van der Waals surface area contributed by atoms with Crippen molar-refractivity contribution >= 4 is 10.8 Å². The number of ether oxygens (including phenoxy) is 3. The molecular formula is C30H40NO4+. The molecule has 0 unspecified atom stereocenters. The van der Waals surface area contributed by atoms with E-state index in [2.05, 4.69) is 23.8 Å². The molecule has 0 atom stereocenters. The highest BCUT2D eigenvalue weighted by Crippen LogP contribution is 2.42. The van der Waals surface area contributed by atoms with E-state index in [1.165, 1.54) is 60.7 Å². The van der Waals surface area contributed by atoms with E-state index in [1.54, 1.807) is 14.2 Å². The van der Waals surface area contributed by atoms with Crippen LogP contribution in [0.3, 0.4) is 0 Å². The van der Waals surface area contributed by atoms with Crippen LogP contribution in [0.2, 0.25) is 0 Å². The lowest BCUT2D eigenvalue weighted by Gasteiger charge is -2.21. The monoisotopic (exact) mass is 478 g/mol. The lowest BCUT2D eigenvalue weighted by atomic mass is 9.89. The molecule has 1 aliphatic rings. The van der Waals surface area contributed by atoms with Crippen LogP contribution in [0.15, 0.2) is 30.5 Å². The second kappa shape index (κ2) is 11.7. The molecular weight excluding hydrogens is 438 g/mol. The van der Waals surface area contributed by atoms with Gasteiger partial charge in [-0.1, -0.05) is 45.4 Å². The van der Waals surface area contributed by atoms with Crippen molar-refractivity contribution in [1.29, 1.82) is 0 Å². The first-order valence-electron chi connectivity index (χ1n) is 13.2. The molecule has 35 heavy (non-hydrogen) atoms. The largest absolute Gasteiger partial charge is 0.504 e. The van der Waals surface area contributed by atoms with Crippen molar-refractivity contribution in [3.63, 3.8) is 0 Å². The summed E-state index contributed by atoms with van der Waals surface area (Å²) in [6.45, 7) is 5.61. The summed E-state index contributed by atoms with van der Waals surface area (Å²) in [6, 6.07) is 8.09. The van der Waals surface area contributed by atoms with Crippen molar-refractivity contribution < 1.29 is 23.9 Å². The number of aromatic nitrogens is 1. The Morgan fingerprint density at radius 1 is 0.886 bits per heavy atom. The average molecular weight is 479 g/mol. The third-order valence-corrected chi connectivity index (χ3v) is 7.16. The normalized spacial score (nSPS) is 12.3. The highest BCUT2D eigenvalue weighted by Gasteiger charge is 2.31. The number of methoxy groups -OCH3 is 2. The maximum absolute atomic E-state index is 10.7. The lowest BCUT2D eigenvalue weighted by Crippen LogP contribution is -2.41. The van der Waals surface area contributed by atoms with Crippen LogP contribution in [0.5, 0.6) is 23.0 Å². The summed E-state index contributed by atoms with van der Waals surface area (Å²) >= 11 is 0. The van der Waals surface area contributed by atoms with Crippen LogP contribution in [0, 0.1) is 0 Å². The van der Waals surface area contributed by atoms with Gasteiger partial charge in [0.15, 0.2) is 35.7 Å². The van der Waals surface area contributed by atoms with Gasteiger partial charge in [-0.05, 0) is 49.6 Å². The van der Waals surface area contributed by atoms with E-state index < -0.39 is 0 Å². The fourth-order valence-electron chi connectivity index (χ4n) is 5.42. The number of fused-ring (bicyclic) bond motifs is 4. The van der Waals surface area contributed by atoms with E-state index in [0.717, 1.165) is 48.3 Å². The molecule has 2 heterocycles. The number of phenolic OH excluding ortho intramolecular Hbond substituents is 1. The molecule has 0 saturated carbocycles. The number of pyridine rings is 1. The van der Waals surface area contributed by atoms with Gasteiger partial charge in [0, 0.05) is 17.4 Å². The quantitative estimate of drug-likeness (QED) is 0.231. The van der Waals surface area contributed by atoms with Crippen molar-refractivity contribution in [3.8, 4) is 34.3 Å². The van der Waals surface area contributed by atoms with Crippen molar-refractivity contribution in [2.24, 2.45) is 0 Å². The molecule has 2 aromatic carbocycles. The summed E-state index contributed by atoms with van der Waals surface area (Å²) < 4.78 is 19.4. The highest BCUT2D eigenvalue weighted by molar-refractivity contribution is 5.95. The van der Waals surface area contributed by atoms with Gasteiger partial charge in [-0.2, -0.15) is 4.57 Å². The predicted molar refractivity (Wildman–Crippen MR) is 141 cm³/mol. The van der Waals surface area contributed by atoms with E-state index in [-0.39, 0.29) is 5.75 Å². The molecule has 0 spiro atoms. The minimum Gasteiger partial charge on any atom is -0.504 e. The zero-order valence-electron chi connectivity index (χ0n) is 21.8. The SMILES string of the molecule is CCCCCCCCCc1c2[n+](cc3c(OC)c(OC)ccc13)CCc1cc(OCC)c(O)cc1-2. The molecule has 0 saturated heterocycles. The van der Waals surface area contributed by atoms with Crippen LogP contribution in [0.4, 0.5) is 0 Å². The van der Waals surface area contributed by atoms with Gasteiger partial charge in [-0.15, -0.1) is 0 Å². The Kier molecular flexibility index (Phi) is 8.37. The van der Waals surface area contributed by atoms with Crippen molar-refractivity contribution in [2.45, 2.75) is 78.2 Å². The standard InChI is InChI=1S/C30H39NO4/c1-5-7-8-9-10-11-12-13-23-22-14-15-27(33-3)30(34-4)25(22)20-31-17-16-21-18-28(35-6-2)26(32)19-24(21)29(23)31/h14-15,18-20H,5-13,16-17H2,1-4H3/p+1. The molecule has 188 valence electrons. The number of benzene rings is 2. The number of hydrogen-bond donors (Lipinski definition) is 1. The molecule has 5 nitrogen and oxygen atoms in total. The molecule has 0 amide bonds. The van der Waals surface area contributed by atoms with Gasteiger partial charge in [0.2, 0.25) is 5.69 Å². The molecule has 1 aliphatic heterocycles. The summed E-state index contributed by atoms with van der Waals surface area (Å²) in [5.41, 5.74) is 4.86. The van der Waals surface area contributed by atoms with Crippen LogP contribution in [0.25, 0.3) is 22.0 Å². The molecule has 0 bridgehead atoms. The first-order valence-corrected chi connectivity index (χ1v) is 13.2. The Morgan fingerprint density at radius 3 is 2.37 bits per heavy atom. The fraction of sp³-hybridized carbons (Fsp3) is 0.500. The predicted octanol–water partition coefficient (Wildman–Crippen LogP) is 6.77. The first-order chi connectivity index (χ1) is 17.1. The molecule has 0 radical (unpaired) electrons. The van der Waals surface area contributed by atoms with Crippen molar-refractivity contribution in [3.05, 3.63) is 41.6 Å². The zero-order chi connectivity index (χ0) is 24.8. The van der Waals surface area contributed by atoms with E-state index >= 15 is 0 Å². The van der Waals surface area contributed by atoms with Crippen LogP contribution in [-0.4, -0.2) is 25.9 Å². The topological polar surface area (TPSA) is 51.8 Å². The van der Waals surface area contributed by atoms with Gasteiger partial charge < -0.3 is 19.3 Å². The van der Waals surface area contributed by atoms with Crippen LogP contribution in [-0.2, 0) is 19.4 Å². The summed E-state index contributed by atoms with van der Waals surface area (Å²) in [6.07, 6.45) is 13.0. The van der Waals surface area contributed by atoms with Crippen LogP contribution in [0.1, 0.15) is 69.9 Å². The summed E-state index contributed by atoms with van der Waals surface area (Å²) in [4.78, 5) is 0. The molecule has 0 fully saturated rings. The fourth-order valence-corrected chi connectivity index (χ4v) is 5.42. The minimum absolute atomic E-state index is 0.202.